The molecule has 0 atom stereocenters. The maximum atomic E-state index is 7.57. The minimum atomic E-state index is 0.250. The van der Waals surface area contributed by atoms with E-state index in [2.05, 4.69) is 39.1 Å². The maximum absolute atomic E-state index is 7.57. The first-order valence-electron chi connectivity index (χ1n) is 4.07. The van der Waals surface area contributed by atoms with E-state index in [-0.39, 0.29) is 6.61 Å². The first-order chi connectivity index (χ1) is 5.24. The average molecular weight is 198 g/mol. The molecule has 0 spiro atoms. The molecule has 0 aromatic carbocycles. The molecule has 0 aliphatic heterocycles. The molecule has 0 fully saturated rings. The van der Waals surface area contributed by atoms with Crippen LogP contribution in [0, 0.1) is 0 Å². The van der Waals surface area contributed by atoms with Crippen molar-refractivity contribution in [1.82, 2.24) is 0 Å². The molecular formula is C8H22OS2. The lowest BCUT2D eigenvalue weighted by atomic mass is 10.6. The van der Waals surface area contributed by atoms with Crippen LogP contribution in [0.2, 0.25) is 0 Å². The molecule has 0 radical (unpaired) electrons. The molecule has 72 valence electrons. The van der Waals surface area contributed by atoms with Crippen LogP contribution in [0.4, 0.5) is 0 Å². The van der Waals surface area contributed by atoms with Gasteiger partial charge in [-0.15, -0.1) is 0 Å². The molecule has 0 rings (SSSR count). The molecule has 0 aromatic rings. The van der Waals surface area contributed by atoms with Crippen LogP contribution in [0.3, 0.4) is 0 Å². The summed E-state index contributed by atoms with van der Waals surface area (Å²) >= 11 is 7.90. The normalized spacial score (nSPS) is 7.09. The molecule has 0 saturated heterocycles. The van der Waals surface area contributed by atoms with Gasteiger partial charge in [-0.2, -0.15) is 25.3 Å². The van der Waals surface area contributed by atoms with Crippen molar-refractivity contribution in [2.75, 3.05) is 18.1 Å². The van der Waals surface area contributed by atoms with Gasteiger partial charge in [0.05, 0.1) is 0 Å². The topological polar surface area (TPSA) is 20.2 Å². The van der Waals surface area contributed by atoms with Crippen LogP contribution in [0.5, 0.6) is 0 Å². The number of hydrogen-bond acceptors (Lipinski definition) is 3. The van der Waals surface area contributed by atoms with Crippen molar-refractivity contribution in [2.24, 2.45) is 0 Å². The molecule has 0 bridgehead atoms. The highest BCUT2D eigenvalue weighted by Gasteiger charge is 1.69. The van der Waals surface area contributed by atoms with Gasteiger partial charge in [0.1, 0.15) is 0 Å². The third-order valence-electron chi connectivity index (χ3n) is 0.316. The van der Waals surface area contributed by atoms with Gasteiger partial charge in [-0.05, 0) is 24.9 Å². The SMILES string of the molecule is CCC.CCO.SCCCS. The Morgan fingerprint density at radius 3 is 1.18 bits per heavy atom. The highest BCUT2D eigenvalue weighted by atomic mass is 32.1. The van der Waals surface area contributed by atoms with Crippen LogP contribution < -0.4 is 0 Å². The van der Waals surface area contributed by atoms with E-state index in [0.717, 1.165) is 17.9 Å². The molecule has 0 saturated carbocycles. The zero-order valence-corrected chi connectivity index (χ0v) is 9.67. The van der Waals surface area contributed by atoms with E-state index in [4.69, 9.17) is 5.11 Å². The van der Waals surface area contributed by atoms with E-state index in [0.29, 0.717) is 0 Å². The lowest BCUT2D eigenvalue weighted by Gasteiger charge is -1.78. The van der Waals surface area contributed by atoms with E-state index in [9.17, 15) is 0 Å². The first-order valence-corrected chi connectivity index (χ1v) is 5.33. The lowest BCUT2D eigenvalue weighted by Crippen LogP contribution is -1.71. The number of aliphatic hydroxyl groups is 1. The van der Waals surface area contributed by atoms with Crippen molar-refractivity contribution in [2.45, 2.75) is 33.6 Å². The van der Waals surface area contributed by atoms with Crippen molar-refractivity contribution in [3.63, 3.8) is 0 Å². The van der Waals surface area contributed by atoms with Gasteiger partial charge in [-0.25, -0.2) is 0 Å². The summed E-state index contributed by atoms with van der Waals surface area (Å²) in [4.78, 5) is 0. The molecule has 0 amide bonds. The third-order valence-corrected chi connectivity index (χ3v) is 0.949. The summed E-state index contributed by atoms with van der Waals surface area (Å²) in [5.74, 6) is 1.92. The molecule has 0 aliphatic rings. The van der Waals surface area contributed by atoms with Crippen LogP contribution in [0.15, 0.2) is 0 Å². The Labute approximate surface area is 82.4 Å². The first kappa shape index (κ1) is 17.7. The summed E-state index contributed by atoms with van der Waals surface area (Å²) in [7, 11) is 0. The predicted octanol–water partition coefficient (Wildman–Crippen LogP) is 2.65. The fraction of sp³-hybridized carbons (Fsp3) is 1.00. The van der Waals surface area contributed by atoms with Crippen molar-refractivity contribution < 1.29 is 5.11 Å². The summed E-state index contributed by atoms with van der Waals surface area (Å²) in [6.07, 6.45) is 2.37. The van der Waals surface area contributed by atoms with Crippen LogP contribution in [0.25, 0.3) is 0 Å². The van der Waals surface area contributed by atoms with Gasteiger partial charge in [0, 0.05) is 6.61 Å². The second-order valence-corrected chi connectivity index (χ2v) is 2.72. The van der Waals surface area contributed by atoms with Crippen LogP contribution >= 0.6 is 25.3 Å². The van der Waals surface area contributed by atoms with Crippen molar-refractivity contribution in [1.29, 1.82) is 0 Å². The van der Waals surface area contributed by atoms with E-state index < -0.39 is 0 Å². The quantitative estimate of drug-likeness (QED) is 0.583. The Kier molecular flexibility index (Phi) is 49.9. The third kappa shape index (κ3) is 113. The van der Waals surface area contributed by atoms with Gasteiger partial charge in [-0.3, -0.25) is 0 Å². The fourth-order valence-electron chi connectivity index (χ4n) is 0.0707. The average Bonchev–Trinajstić information content (AvgIpc) is 1.92. The summed E-state index contributed by atoms with van der Waals surface area (Å²) < 4.78 is 0. The zero-order valence-electron chi connectivity index (χ0n) is 7.88. The Morgan fingerprint density at radius 1 is 1.00 bits per heavy atom. The summed E-state index contributed by atoms with van der Waals surface area (Å²) in [5, 5.41) is 7.57. The highest BCUT2D eigenvalue weighted by Crippen LogP contribution is 1.83. The Hall–Kier alpha value is 0.660. The van der Waals surface area contributed by atoms with Gasteiger partial charge in [0.25, 0.3) is 0 Å². The van der Waals surface area contributed by atoms with Gasteiger partial charge in [0.2, 0.25) is 0 Å². The molecule has 0 aromatic heterocycles. The molecule has 11 heavy (non-hydrogen) atoms. The second-order valence-electron chi connectivity index (χ2n) is 1.82. The van der Waals surface area contributed by atoms with Gasteiger partial charge < -0.3 is 5.11 Å². The van der Waals surface area contributed by atoms with Gasteiger partial charge >= 0.3 is 0 Å². The standard InChI is InChI=1S/C3H8S2.C3H8.C2H6O/c4-2-1-3-5;1-3-2;1-2-3/h4-5H,1-3H2;3H2,1-2H3;3H,2H2,1H3. The minimum absolute atomic E-state index is 0.250. The van der Waals surface area contributed by atoms with E-state index in [1.54, 1.807) is 6.92 Å². The molecule has 1 nitrogen and oxygen atoms in total. The van der Waals surface area contributed by atoms with Gasteiger partial charge in [0.15, 0.2) is 0 Å². The molecule has 3 heteroatoms. The summed E-state index contributed by atoms with van der Waals surface area (Å²) in [6.45, 7) is 6.18. The van der Waals surface area contributed by atoms with Crippen LogP contribution in [-0.2, 0) is 0 Å². The number of rotatable bonds is 2. The van der Waals surface area contributed by atoms with E-state index in [1.165, 1.54) is 6.42 Å². The second kappa shape index (κ2) is 31.1. The maximum Gasteiger partial charge on any atom is 0.0402 e. The van der Waals surface area contributed by atoms with Crippen molar-refractivity contribution in [3.8, 4) is 0 Å². The fourth-order valence-corrected chi connectivity index (χ4v) is 0.636. The molecule has 0 aliphatic carbocycles. The Balaban J connectivity index is -0.0000000933. The number of aliphatic hydroxyl groups excluding tert-OH is 1. The van der Waals surface area contributed by atoms with Crippen molar-refractivity contribution in [3.05, 3.63) is 0 Å². The smallest absolute Gasteiger partial charge is 0.0402 e. The number of hydrogen-bond donors (Lipinski definition) is 3. The lowest BCUT2D eigenvalue weighted by molar-refractivity contribution is 0.318. The Morgan fingerprint density at radius 2 is 1.18 bits per heavy atom. The largest absolute Gasteiger partial charge is 0.397 e. The number of thiol groups is 2. The Bertz CT molecular complexity index is 31.3. The monoisotopic (exact) mass is 198 g/mol. The zero-order chi connectivity index (χ0) is 9.54. The van der Waals surface area contributed by atoms with Crippen LogP contribution in [-0.4, -0.2) is 23.2 Å². The molecule has 1 N–H and O–H groups in total. The summed E-state index contributed by atoms with van der Waals surface area (Å²) in [6, 6.07) is 0. The minimum Gasteiger partial charge on any atom is -0.397 e. The predicted molar refractivity (Wildman–Crippen MR) is 61.0 cm³/mol. The molecule has 0 unspecified atom stereocenters. The van der Waals surface area contributed by atoms with Gasteiger partial charge in [-0.1, -0.05) is 20.3 Å². The van der Waals surface area contributed by atoms with Crippen LogP contribution in [0.1, 0.15) is 33.6 Å². The van der Waals surface area contributed by atoms with E-state index in [1.807, 2.05) is 0 Å². The molecule has 0 heterocycles. The van der Waals surface area contributed by atoms with E-state index >= 15 is 0 Å². The molecular weight excluding hydrogens is 176 g/mol. The van der Waals surface area contributed by atoms with Crippen molar-refractivity contribution >= 4 is 25.3 Å². The summed E-state index contributed by atoms with van der Waals surface area (Å²) in [5.41, 5.74) is 0. The highest BCUT2D eigenvalue weighted by molar-refractivity contribution is 7.81.